The molecule has 12 heavy (non-hydrogen) atoms. The summed E-state index contributed by atoms with van der Waals surface area (Å²) in [4.78, 5) is 0. The Balaban J connectivity index is 3.39. The van der Waals surface area contributed by atoms with Crippen molar-refractivity contribution in [2.24, 2.45) is 0 Å². The molecule has 0 aliphatic carbocycles. The number of hydrogen-bond acceptors (Lipinski definition) is 2. The summed E-state index contributed by atoms with van der Waals surface area (Å²) in [5.41, 5.74) is 0.327. The summed E-state index contributed by atoms with van der Waals surface area (Å²) < 4.78 is 49.2. The molecule has 0 aliphatic rings. The fourth-order valence-corrected chi connectivity index (χ4v) is 0.654. The molecule has 0 bridgehead atoms. The van der Waals surface area contributed by atoms with E-state index >= 15 is 0 Å². The Morgan fingerprint density at radius 1 is 1.00 bits per heavy atom. The topological polar surface area (TPSA) is 32.3 Å². The molecule has 2 nitrogen and oxygen atoms in total. The average Bonchev–Trinajstić information content (AvgIpc) is 2.08. The van der Waals surface area contributed by atoms with Crippen LogP contribution < -0.4 is 5.48 Å². The van der Waals surface area contributed by atoms with E-state index in [1.807, 2.05) is 0 Å². The number of halogens is 4. The first kappa shape index (κ1) is 8.79. The monoisotopic (exact) mass is 181 g/mol. The van der Waals surface area contributed by atoms with E-state index in [1.165, 1.54) is 5.48 Å². The Bertz CT molecular complexity index is 315. The summed E-state index contributed by atoms with van der Waals surface area (Å²) in [6, 6.07) is 0.299. The van der Waals surface area contributed by atoms with Gasteiger partial charge < -0.3 is 0 Å². The summed E-state index contributed by atoms with van der Waals surface area (Å²) in [5.74, 6) is -7.13. The molecule has 0 spiro atoms. The highest BCUT2D eigenvalue weighted by Gasteiger charge is 2.18. The predicted octanol–water partition coefficient (Wildman–Crippen LogP) is 2.04. The van der Waals surface area contributed by atoms with Gasteiger partial charge in [0, 0.05) is 6.07 Å². The number of anilines is 1. The number of benzene rings is 1. The van der Waals surface area contributed by atoms with Gasteiger partial charge in [0.05, 0.1) is 0 Å². The summed E-state index contributed by atoms with van der Waals surface area (Å²) in [6.45, 7) is 0. The van der Waals surface area contributed by atoms with Crippen LogP contribution in [0.2, 0.25) is 0 Å². The lowest BCUT2D eigenvalue weighted by Crippen LogP contribution is -2.01. The fraction of sp³-hybridized carbons (Fsp3) is 0. The number of nitrogens with one attached hydrogen (secondary N) is 1. The van der Waals surface area contributed by atoms with E-state index in [2.05, 4.69) is 0 Å². The van der Waals surface area contributed by atoms with Gasteiger partial charge in [-0.05, 0) is 0 Å². The van der Waals surface area contributed by atoms with Gasteiger partial charge in [0.1, 0.15) is 5.69 Å². The molecule has 1 aromatic rings. The molecule has 0 unspecified atom stereocenters. The van der Waals surface area contributed by atoms with Crippen molar-refractivity contribution in [1.29, 1.82) is 0 Å². The van der Waals surface area contributed by atoms with Crippen LogP contribution in [0.3, 0.4) is 0 Å². The molecule has 0 atom stereocenters. The first-order chi connectivity index (χ1) is 5.57. The lowest BCUT2D eigenvalue weighted by molar-refractivity contribution is 0.370. The molecule has 1 aromatic carbocycles. The third-order valence-corrected chi connectivity index (χ3v) is 1.22. The molecule has 0 saturated carbocycles. The van der Waals surface area contributed by atoms with Crippen molar-refractivity contribution in [3.05, 3.63) is 29.3 Å². The zero-order valence-electron chi connectivity index (χ0n) is 5.54. The molecule has 6 heteroatoms. The van der Waals surface area contributed by atoms with Crippen LogP contribution in [-0.4, -0.2) is 5.21 Å². The van der Waals surface area contributed by atoms with Gasteiger partial charge in [-0.3, -0.25) is 10.7 Å². The summed E-state index contributed by atoms with van der Waals surface area (Å²) in [5, 5.41) is 8.11. The van der Waals surface area contributed by atoms with E-state index in [4.69, 9.17) is 5.21 Å². The maximum atomic E-state index is 12.4. The number of rotatable bonds is 1. The smallest absolute Gasteiger partial charge is 0.199 e. The summed E-state index contributed by atoms with van der Waals surface area (Å²) in [6.07, 6.45) is 0. The van der Waals surface area contributed by atoms with Gasteiger partial charge in [0.15, 0.2) is 23.3 Å². The molecular weight excluding hydrogens is 178 g/mol. The quantitative estimate of drug-likeness (QED) is 0.300. The summed E-state index contributed by atoms with van der Waals surface area (Å²) in [7, 11) is 0. The van der Waals surface area contributed by atoms with Crippen molar-refractivity contribution < 1.29 is 22.8 Å². The molecule has 0 aliphatic heterocycles. The maximum absolute atomic E-state index is 12.4. The zero-order chi connectivity index (χ0) is 9.30. The van der Waals surface area contributed by atoms with E-state index in [0.717, 1.165) is 0 Å². The van der Waals surface area contributed by atoms with E-state index < -0.39 is 29.0 Å². The largest absolute Gasteiger partial charge is 0.291 e. The SMILES string of the molecule is ONc1cc(F)c(F)c(F)c1F. The lowest BCUT2D eigenvalue weighted by atomic mass is 10.3. The second kappa shape index (κ2) is 2.98. The molecule has 2 N–H and O–H groups in total. The first-order valence-corrected chi connectivity index (χ1v) is 2.81. The molecule has 0 saturated heterocycles. The fourth-order valence-electron chi connectivity index (χ4n) is 0.654. The zero-order valence-corrected chi connectivity index (χ0v) is 5.54. The third-order valence-electron chi connectivity index (χ3n) is 1.22. The second-order valence-corrected chi connectivity index (χ2v) is 1.96. The lowest BCUT2D eigenvalue weighted by Gasteiger charge is -2.02. The maximum Gasteiger partial charge on any atom is 0.199 e. The Labute approximate surface area is 64.4 Å². The Kier molecular flexibility index (Phi) is 2.18. The molecule has 0 fully saturated rings. The van der Waals surface area contributed by atoms with Gasteiger partial charge in [-0.15, -0.1) is 0 Å². The predicted molar refractivity (Wildman–Crippen MR) is 31.7 cm³/mol. The van der Waals surface area contributed by atoms with Gasteiger partial charge in [-0.25, -0.2) is 17.6 Å². The molecule has 0 aromatic heterocycles. The minimum atomic E-state index is -1.97. The van der Waals surface area contributed by atoms with Gasteiger partial charge >= 0.3 is 0 Å². The van der Waals surface area contributed by atoms with E-state index in [-0.39, 0.29) is 0 Å². The minimum absolute atomic E-state index is 0.299. The summed E-state index contributed by atoms with van der Waals surface area (Å²) >= 11 is 0. The van der Waals surface area contributed by atoms with Crippen LogP contribution in [0.15, 0.2) is 6.07 Å². The van der Waals surface area contributed by atoms with Gasteiger partial charge in [0.2, 0.25) is 0 Å². The molecule has 0 radical (unpaired) electrons. The van der Waals surface area contributed by atoms with Gasteiger partial charge in [0.25, 0.3) is 0 Å². The standard InChI is InChI=1S/C6H3F4NO/c7-2-1-3(11-12)5(9)6(10)4(2)8/h1,11-12H. The second-order valence-electron chi connectivity index (χ2n) is 1.96. The molecule has 0 amide bonds. The third kappa shape index (κ3) is 1.20. The highest BCUT2D eigenvalue weighted by molar-refractivity contribution is 5.43. The van der Waals surface area contributed by atoms with Crippen molar-refractivity contribution in [3.63, 3.8) is 0 Å². The molecular formula is C6H3F4NO. The van der Waals surface area contributed by atoms with Gasteiger partial charge in [-0.2, -0.15) is 0 Å². The van der Waals surface area contributed by atoms with Crippen LogP contribution in [0.1, 0.15) is 0 Å². The normalized spacial score (nSPS) is 10.1. The molecule has 66 valence electrons. The van der Waals surface area contributed by atoms with Crippen LogP contribution in [0.25, 0.3) is 0 Å². The first-order valence-electron chi connectivity index (χ1n) is 2.81. The Morgan fingerprint density at radius 2 is 1.58 bits per heavy atom. The number of hydrogen-bond donors (Lipinski definition) is 2. The van der Waals surface area contributed by atoms with Crippen molar-refractivity contribution in [2.45, 2.75) is 0 Å². The van der Waals surface area contributed by atoms with Crippen molar-refractivity contribution >= 4 is 5.69 Å². The Morgan fingerprint density at radius 3 is 2.08 bits per heavy atom. The Hall–Kier alpha value is -1.30. The van der Waals surface area contributed by atoms with E-state index in [9.17, 15) is 17.6 Å². The van der Waals surface area contributed by atoms with Crippen LogP contribution >= 0.6 is 0 Å². The molecule has 0 heterocycles. The highest BCUT2D eigenvalue weighted by atomic mass is 19.2. The van der Waals surface area contributed by atoms with Crippen LogP contribution in [0.4, 0.5) is 23.2 Å². The minimum Gasteiger partial charge on any atom is -0.291 e. The van der Waals surface area contributed by atoms with Crippen molar-refractivity contribution in [2.75, 3.05) is 5.48 Å². The van der Waals surface area contributed by atoms with E-state index in [1.54, 1.807) is 0 Å². The van der Waals surface area contributed by atoms with Crippen LogP contribution in [-0.2, 0) is 0 Å². The van der Waals surface area contributed by atoms with Crippen LogP contribution in [0, 0.1) is 23.3 Å². The highest BCUT2D eigenvalue weighted by Crippen LogP contribution is 2.21. The average molecular weight is 181 g/mol. The van der Waals surface area contributed by atoms with Crippen molar-refractivity contribution in [1.82, 2.24) is 0 Å². The molecule has 1 rings (SSSR count). The van der Waals surface area contributed by atoms with Gasteiger partial charge in [-0.1, -0.05) is 0 Å². The van der Waals surface area contributed by atoms with Crippen LogP contribution in [0.5, 0.6) is 0 Å². The van der Waals surface area contributed by atoms with Crippen molar-refractivity contribution in [3.8, 4) is 0 Å². The van der Waals surface area contributed by atoms with E-state index in [0.29, 0.717) is 6.07 Å².